The largest absolute Gasteiger partial charge is 0.493 e. The molecule has 0 bridgehead atoms. The van der Waals surface area contributed by atoms with Crippen molar-refractivity contribution in [2.75, 3.05) is 19.5 Å². The van der Waals surface area contributed by atoms with Gasteiger partial charge in [-0.3, -0.25) is 10.1 Å². The summed E-state index contributed by atoms with van der Waals surface area (Å²) < 4.78 is 10.4. The lowest BCUT2D eigenvalue weighted by atomic mass is 10.1. The number of aliphatic hydroxyl groups excluding tert-OH is 1. The number of amides is 1. The Balaban J connectivity index is 2.23. The average Bonchev–Trinajstić information content (AvgIpc) is 2.94. The van der Waals surface area contributed by atoms with Crippen LogP contribution in [0.25, 0.3) is 0 Å². The molecule has 21 heavy (non-hydrogen) atoms. The molecule has 2 N–H and O–H groups in total. The fraction of sp³-hybridized carbons (Fsp3) is 0.286. The van der Waals surface area contributed by atoms with Crippen molar-refractivity contribution < 1.29 is 19.4 Å². The van der Waals surface area contributed by atoms with Gasteiger partial charge in [0, 0.05) is 5.38 Å². The van der Waals surface area contributed by atoms with Crippen LogP contribution in [0.5, 0.6) is 11.5 Å². The second-order valence-electron chi connectivity index (χ2n) is 4.25. The van der Waals surface area contributed by atoms with E-state index >= 15 is 0 Å². The van der Waals surface area contributed by atoms with E-state index in [1.807, 2.05) is 0 Å². The van der Waals surface area contributed by atoms with Gasteiger partial charge in [0.1, 0.15) is 0 Å². The van der Waals surface area contributed by atoms with Crippen LogP contribution >= 0.6 is 11.3 Å². The minimum atomic E-state index is -0.668. The van der Waals surface area contributed by atoms with E-state index in [0.717, 1.165) is 0 Å². The molecule has 0 saturated heterocycles. The van der Waals surface area contributed by atoms with Gasteiger partial charge in [-0.05, 0) is 19.1 Å². The number of carbonyl (C=O) groups is 1. The second kappa shape index (κ2) is 6.55. The number of nitrogens with zero attached hydrogens (tertiary/aromatic N) is 1. The highest BCUT2D eigenvalue weighted by molar-refractivity contribution is 7.14. The third-order valence-corrected chi connectivity index (χ3v) is 3.59. The summed E-state index contributed by atoms with van der Waals surface area (Å²) in [5.41, 5.74) is 0.874. The highest BCUT2D eigenvalue weighted by Gasteiger charge is 2.18. The van der Waals surface area contributed by atoms with Crippen LogP contribution in [0.2, 0.25) is 0 Å². The zero-order valence-corrected chi connectivity index (χ0v) is 12.7. The molecular weight excluding hydrogens is 292 g/mol. The molecule has 2 aromatic rings. The summed E-state index contributed by atoms with van der Waals surface area (Å²) in [5, 5.41) is 14.2. The Morgan fingerprint density at radius 3 is 2.71 bits per heavy atom. The zero-order valence-electron chi connectivity index (χ0n) is 11.9. The van der Waals surface area contributed by atoms with Crippen molar-refractivity contribution in [3.05, 3.63) is 34.8 Å². The first-order valence-corrected chi connectivity index (χ1v) is 7.10. The van der Waals surface area contributed by atoms with Gasteiger partial charge >= 0.3 is 0 Å². The van der Waals surface area contributed by atoms with E-state index in [0.29, 0.717) is 27.9 Å². The fourth-order valence-electron chi connectivity index (χ4n) is 1.77. The highest BCUT2D eigenvalue weighted by Crippen LogP contribution is 2.31. The number of thiazole rings is 1. The lowest BCUT2D eigenvalue weighted by molar-refractivity contribution is 0.102. The Hall–Kier alpha value is -2.12. The first-order chi connectivity index (χ1) is 10.1. The van der Waals surface area contributed by atoms with Crippen LogP contribution in [0, 0.1) is 0 Å². The summed E-state index contributed by atoms with van der Waals surface area (Å²) in [5.74, 6) is 0.496. The van der Waals surface area contributed by atoms with E-state index < -0.39 is 6.10 Å². The molecular formula is C14H16N2O4S. The van der Waals surface area contributed by atoms with Gasteiger partial charge < -0.3 is 14.6 Å². The molecule has 7 heteroatoms. The number of hydrogen-bond acceptors (Lipinski definition) is 6. The minimum Gasteiger partial charge on any atom is -0.493 e. The number of hydrogen-bond donors (Lipinski definition) is 2. The van der Waals surface area contributed by atoms with E-state index in [2.05, 4.69) is 10.3 Å². The third-order valence-electron chi connectivity index (χ3n) is 2.82. The molecule has 2 rings (SSSR count). The number of carbonyl (C=O) groups excluding carboxylic acids is 1. The topological polar surface area (TPSA) is 80.7 Å². The summed E-state index contributed by atoms with van der Waals surface area (Å²) in [7, 11) is 2.98. The lowest BCUT2D eigenvalue weighted by Crippen LogP contribution is -2.13. The summed E-state index contributed by atoms with van der Waals surface area (Å²) in [6.07, 6.45) is -0.668. The molecule has 112 valence electrons. The smallest absolute Gasteiger partial charge is 0.261 e. The predicted octanol–water partition coefficient (Wildman–Crippen LogP) is 2.47. The number of rotatable bonds is 5. The van der Waals surface area contributed by atoms with Crippen molar-refractivity contribution in [3.63, 3.8) is 0 Å². The molecule has 0 fully saturated rings. The number of methoxy groups -OCH3 is 2. The summed E-state index contributed by atoms with van der Waals surface area (Å²) >= 11 is 1.25. The Labute approximate surface area is 126 Å². The number of anilines is 1. The van der Waals surface area contributed by atoms with Crippen LogP contribution in [0.3, 0.4) is 0 Å². The van der Waals surface area contributed by atoms with Crippen LogP contribution in [0.15, 0.2) is 23.6 Å². The van der Waals surface area contributed by atoms with Crippen molar-refractivity contribution in [3.8, 4) is 11.5 Å². The van der Waals surface area contributed by atoms with E-state index in [-0.39, 0.29) is 5.91 Å². The third kappa shape index (κ3) is 3.32. The Morgan fingerprint density at radius 1 is 1.38 bits per heavy atom. The van der Waals surface area contributed by atoms with Crippen molar-refractivity contribution in [2.24, 2.45) is 0 Å². The van der Waals surface area contributed by atoms with Crippen molar-refractivity contribution in [1.82, 2.24) is 4.98 Å². The van der Waals surface area contributed by atoms with Gasteiger partial charge in [-0.2, -0.15) is 0 Å². The van der Waals surface area contributed by atoms with Crippen LogP contribution < -0.4 is 14.8 Å². The molecule has 0 aliphatic rings. The van der Waals surface area contributed by atoms with Crippen molar-refractivity contribution >= 4 is 22.4 Å². The SMILES string of the molecule is COc1cccc(C(=O)Nc2nc(C(C)O)cs2)c1OC. The standard InChI is InChI=1S/C14H16N2O4S/c1-8(17)10-7-21-14(15-10)16-13(18)9-5-4-6-11(19-2)12(9)20-3/h4-8,17H,1-3H3,(H,15,16,18). The van der Waals surface area contributed by atoms with Gasteiger partial charge in [0.25, 0.3) is 5.91 Å². The van der Waals surface area contributed by atoms with Crippen LogP contribution in [-0.2, 0) is 0 Å². The van der Waals surface area contributed by atoms with E-state index in [4.69, 9.17) is 9.47 Å². The molecule has 0 aliphatic heterocycles. The van der Waals surface area contributed by atoms with Crippen molar-refractivity contribution in [2.45, 2.75) is 13.0 Å². The van der Waals surface area contributed by atoms with Gasteiger partial charge in [0.05, 0.1) is 31.6 Å². The number of nitrogens with one attached hydrogen (secondary N) is 1. The first kappa shape index (κ1) is 15.3. The van der Waals surface area contributed by atoms with Gasteiger partial charge in [0.2, 0.25) is 0 Å². The maximum absolute atomic E-state index is 12.3. The van der Waals surface area contributed by atoms with Crippen LogP contribution in [0.1, 0.15) is 29.1 Å². The molecule has 1 aromatic heterocycles. The number of aromatic nitrogens is 1. The zero-order chi connectivity index (χ0) is 15.4. The number of aliphatic hydroxyl groups is 1. The Kier molecular flexibility index (Phi) is 4.77. The first-order valence-electron chi connectivity index (χ1n) is 6.22. The molecule has 1 atom stereocenters. The number of benzene rings is 1. The quantitative estimate of drug-likeness (QED) is 0.887. The summed E-state index contributed by atoms with van der Waals surface area (Å²) in [6, 6.07) is 5.06. The van der Waals surface area contributed by atoms with Gasteiger partial charge in [-0.15, -0.1) is 11.3 Å². The maximum Gasteiger partial charge on any atom is 0.261 e. The van der Waals surface area contributed by atoms with Crippen LogP contribution in [0.4, 0.5) is 5.13 Å². The fourth-order valence-corrected chi connectivity index (χ4v) is 2.56. The van der Waals surface area contributed by atoms with Gasteiger partial charge in [-0.1, -0.05) is 6.07 Å². The van der Waals surface area contributed by atoms with Crippen LogP contribution in [-0.4, -0.2) is 30.2 Å². The number of ether oxygens (including phenoxy) is 2. The Bertz CT molecular complexity index is 640. The minimum absolute atomic E-state index is 0.350. The molecule has 0 radical (unpaired) electrons. The van der Waals surface area contributed by atoms with E-state index in [9.17, 15) is 9.90 Å². The number of para-hydroxylation sites is 1. The molecule has 1 aromatic carbocycles. The van der Waals surface area contributed by atoms with E-state index in [1.165, 1.54) is 25.6 Å². The lowest BCUT2D eigenvalue weighted by Gasteiger charge is -2.11. The second-order valence-corrected chi connectivity index (χ2v) is 5.11. The maximum atomic E-state index is 12.3. The molecule has 0 saturated carbocycles. The molecule has 1 amide bonds. The predicted molar refractivity (Wildman–Crippen MR) is 80.2 cm³/mol. The monoisotopic (exact) mass is 308 g/mol. The molecule has 1 unspecified atom stereocenters. The van der Waals surface area contributed by atoms with Gasteiger partial charge in [-0.25, -0.2) is 4.98 Å². The molecule has 1 heterocycles. The normalized spacial score (nSPS) is 11.8. The highest BCUT2D eigenvalue weighted by atomic mass is 32.1. The molecule has 6 nitrogen and oxygen atoms in total. The van der Waals surface area contributed by atoms with E-state index in [1.54, 1.807) is 30.5 Å². The summed E-state index contributed by atoms with van der Waals surface area (Å²) in [6.45, 7) is 1.62. The molecule has 0 spiro atoms. The van der Waals surface area contributed by atoms with Crippen molar-refractivity contribution in [1.29, 1.82) is 0 Å². The Morgan fingerprint density at radius 2 is 2.14 bits per heavy atom. The average molecular weight is 308 g/mol. The molecule has 0 aliphatic carbocycles. The summed E-state index contributed by atoms with van der Waals surface area (Å²) in [4.78, 5) is 16.4. The van der Waals surface area contributed by atoms with Gasteiger partial charge in [0.15, 0.2) is 16.6 Å².